The number of ketones is 1. The number of allylic oxidation sites excluding steroid dienone is 4. The topological polar surface area (TPSA) is 37.3 Å². The van der Waals surface area contributed by atoms with Gasteiger partial charge in [-0.1, -0.05) is 89.2 Å². The highest BCUT2D eigenvalue weighted by Crippen LogP contribution is 2.50. The highest BCUT2D eigenvalue weighted by molar-refractivity contribution is 6.15. The SMILES string of the molecule is CC1=CC(C(C)(C)C)C(c2cc(C(C)(C)C)c(O)c(C(C)(C)C)c2)=C(C(C)(C)C)C1=O. The van der Waals surface area contributed by atoms with Crippen LogP contribution in [-0.4, -0.2) is 10.9 Å². The van der Waals surface area contributed by atoms with Crippen molar-refractivity contribution in [1.29, 1.82) is 0 Å². The molecular formula is C29H44O2. The number of aromatic hydroxyl groups is 1. The van der Waals surface area contributed by atoms with E-state index < -0.39 is 0 Å². The van der Waals surface area contributed by atoms with Gasteiger partial charge in [0.1, 0.15) is 5.75 Å². The Bertz CT molecular complexity index is 907. The first kappa shape index (κ1) is 25.4. The molecule has 2 rings (SSSR count). The summed E-state index contributed by atoms with van der Waals surface area (Å²) >= 11 is 0. The lowest BCUT2D eigenvalue weighted by atomic mass is 9.63. The molecule has 2 heteroatoms. The van der Waals surface area contributed by atoms with Gasteiger partial charge in [0.2, 0.25) is 0 Å². The van der Waals surface area contributed by atoms with Gasteiger partial charge < -0.3 is 5.11 Å². The molecule has 1 aliphatic rings. The van der Waals surface area contributed by atoms with Crippen LogP contribution in [0, 0.1) is 16.7 Å². The molecule has 1 atom stereocenters. The first-order chi connectivity index (χ1) is 13.7. The summed E-state index contributed by atoms with van der Waals surface area (Å²) in [4.78, 5) is 13.5. The van der Waals surface area contributed by atoms with Gasteiger partial charge >= 0.3 is 0 Å². The van der Waals surface area contributed by atoms with Crippen molar-refractivity contribution in [1.82, 2.24) is 0 Å². The first-order valence-corrected chi connectivity index (χ1v) is 11.5. The molecule has 0 saturated heterocycles. The molecule has 1 unspecified atom stereocenters. The molecule has 0 aromatic heterocycles. The fraction of sp³-hybridized carbons (Fsp3) is 0.621. The number of carbonyl (C=O) groups is 1. The Kier molecular flexibility index (Phi) is 6.27. The Morgan fingerprint density at radius 1 is 0.742 bits per heavy atom. The number of carbonyl (C=O) groups excluding carboxylic acids is 1. The standard InChI is InChI=1S/C29H44O2/c1-17-14-19(26(2,3)4)22(23(24(17)30)29(11,12)13)18-15-20(27(5,6)7)25(31)21(16-18)28(8,9)10/h14-16,19,31H,1-13H3. The van der Waals surface area contributed by atoms with E-state index in [1.807, 2.05) is 6.92 Å². The maximum absolute atomic E-state index is 13.5. The largest absolute Gasteiger partial charge is 0.507 e. The van der Waals surface area contributed by atoms with Crippen LogP contribution in [0.2, 0.25) is 0 Å². The summed E-state index contributed by atoms with van der Waals surface area (Å²) in [6.07, 6.45) is 2.16. The van der Waals surface area contributed by atoms with Crippen molar-refractivity contribution in [2.24, 2.45) is 16.7 Å². The van der Waals surface area contributed by atoms with Crippen LogP contribution in [0.5, 0.6) is 5.75 Å². The number of phenolic OH excluding ortho intramolecular Hbond substituents is 1. The van der Waals surface area contributed by atoms with Crippen LogP contribution in [0.1, 0.15) is 107 Å². The third-order valence-corrected chi connectivity index (χ3v) is 6.30. The van der Waals surface area contributed by atoms with Crippen LogP contribution in [0.3, 0.4) is 0 Å². The molecule has 0 amide bonds. The van der Waals surface area contributed by atoms with Crippen molar-refractivity contribution in [2.45, 2.75) is 101 Å². The van der Waals surface area contributed by atoms with E-state index in [2.05, 4.69) is 101 Å². The average molecular weight is 425 g/mol. The Balaban J connectivity index is 3.08. The third-order valence-electron chi connectivity index (χ3n) is 6.30. The third kappa shape index (κ3) is 4.99. The second-order valence-corrected chi connectivity index (χ2v) is 13.5. The van der Waals surface area contributed by atoms with Crippen LogP contribution in [0.25, 0.3) is 5.57 Å². The van der Waals surface area contributed by atoms with Crippen LogP contribution in [-0.2, 0) is 15.6 Å². The molecule has 31 heavy (non-hydrogen) atoms. The summed E-state index contributed by atoms with van der Waals surface area (Å²) in [5.41, 5.74) is 5.01. The zero-order valence-electron chi connectivity index (χ0n) is 22.2. The summed E-state index contributed by atoms with van der Waals surface area (Å²) in [6.45, 7) is 27.9. The predicted molar refractivity (Wildman–Crippen MR) is 134 cm³/mol. The van der Waals surface area contributed by atoms with Gasteiger partial charge in [0.05, 0.1) is 0 Å². The van der Waals surface area contributed by atoms with Crippen LogP contribution >= 0.6 is 0 Å². The van der Waals surface area contributed by atoms with E-state index in [0.717, 1.165) is 33.4 Å². The molecule has 1 aromatic carbocycles. The first-order valence-electron chi connectivity index (χ1n) is 11.5. The number of rotatable bonds is 1. The molecule has 0 radical (unpaired) electrons. The zero-order chi connectivity index (χ0) is 24.3. The van der Waals surface area contributed by atoms with E-state index in [0.29, 0.717) is 5.75 Å². The van der Waals surface area contributed by atoms with Crippen molar-refractivity contribution in [3.05, 3.63) is 46.0 Å². The molecule has 0 bridgehead atoms. The molecular weight excluding hydrogens is 380 g/mol. The maximum atomic E-state index is 13.5. The van der Waals surface area contributed by atoms with E-state index in [1.165, 1.54) is 0 Å². The van der Waals surface area contributed by atoms with Gasteiger partial charge in [0, 0.05) is 22.6 Å². The maximum Gasteiger partial charge on any atom is 0.185 e. The predicted octanol–water partition coefficient (Wildman–Crippen LogP) is 7.98. The molecule has 0 fully saturated rings. The van der Waals surface area contributed by atoms with Gasteiger partial charge in [0.25, 0.3) is 0 Å². The van der Waals surface area contributed by atoms with Crippen molar-refractivity contribution in [2.75, 3.05) is 0 Å². The number of benzene rings is 1. The fourth-order valence-corrected chi connectivity index (χ4v) is 4.57. The molecule has 1 aliphatic carbocycles. The Morgan fingerprint density at radius 3 is 1.48 bits per heavy atom. The average Bonchev–Trinajstić information content (AvgIpc) is 2.52. The van der Waals surface area contributed by atoms with Gasteiger partial charge in [-0.15, -0.1) is 0 Å². The highest BCUT2D eigenvalue weighted by Gasteiger charge is 2.40. The number of phenols is 1. The van der Waals surface area contributed by atoms with Crippen LogP contribution in [0.4, 0.5) is 0 Å². The molecule has 1 N–H and O–H groups in total. The second-order valence-electron chi connectivity index (χ2n) is 13.5. The number of Topliss-reactive ketones (excluding diaryl/α,β-unsaturated/α-hetero) is 1. The van der Waals surface area contributed by atoms with Crippen molar-refractivity contribution >= 4 is 11.4 Å². The van der Waals surface area contributed by atoms with Gasteiger partial charge in [-0.3, -0.25) is 4.79 Å². The lowest BCUT2D eigenvalue weighted by Crippen LogP contribution is -2.32. The van der Waals surface area contributed by atoms with E-state index in [-0.39, 0.29) is 33.4 Å². The lowest BCUT2D eigenvalue weighted by molar-refractivity contribution is -0.113. The normalized spacial score (nSPS) is 19.1. The van der Waals surface area contributed by atoms with E-state index >= 15 is 0 Å². The molecule has 0 saturated carbocycles. The van der Waals surface area contributed by atoms with E-state index in [4.69, 9.17) is 0 Å². The fourth-order valence-electron chi connectivity index (χ4n) is 4.57. The minimum atomic E-state index is -0.285. The summed E-state index contributed by atoms with van der Waals surface area (Å²) in [7, 11) is 0. The van der Waals surface area contributed by atoms with Gasteiger partial charge in [-0.2, -0.15) is 0 Å². The van der Waals surface area contributed by atoms with E-state index in [1.54, 1.807) is 0 Å². The van der Waals surface area contributed by atoms with Crippen LogP contribution < -0.4 is 0 Å². The zero-order valence-corrected chi connectivity index (χ0v) is 22.2. The van der Waals surface area contributed by atoms with E-state index in [9.17, 15) is 9.90 Å². The Morgan fingerprint density at radius 2 is 1.16 bits per heavy atom. The van der Waals surface area contributed by atoms with Crippen molar-refractivity contribution < 1.29 is 9.90 Å². The molecule has 172 valence electrons. The summed E-state index contributed by atoms with van der Waals surface area (Å²) < 4.78 is 0. The van der Waals surface area contributed by atoms with Gasteiger partial charge in [0.15, 0.2) is 5.78 Å². The molecule has 0 spiro atoms. The minimum Gasteiger partial charge on any atom is -0.507 e. The lowest BCUT2D eigenvalue weighted by Gasteiger charge is -2.40. The van der Waals surface area contributed by atoms with Crippen LogP contribution in [0.15, 0.2) is 29.4 Å². The van der Waals surface area contributed by atoms with Gasteiger partial charge in [-0.25, -0.2) is 0 Å². The molecule has 0 aliphatic heterocycles. The summed E-state index contributed by atoms with van der Waals surface area (Å²) in [5.74, 6) is 0.637. The highest BCUT2D eigenvalue weighted by atomic mass is 16.3. The second kappa shape index (κ2) is 7.64. The smallest absolute Gasteiger partial charge is 0.185 e. The monoisotopic (exact) mass is 424 g/mol. The summed E-state index contributed by atoms with van der Waals surface area (Å²) in [5, 5.41) is 11.2. The molecule has 0 heterocycles. The summed E-state index contributed by atoms with van der Waals surface area (Å²) in [6, 6.07) is 4.26. The van der Waals surface area contributed by atoms with Crippen molar-refractivity contribution in [3.63, 3.8) is 0 Å². The molecule has 1 aromatic rings. The Labute approximate surface area is 190 Å². The number of hydrogen-bond acceptors (Lipinski definition) is 2. The Hall–Kier alpha value is -1.83. The van der Waals surface area contributed by atoms with Gasteiger partial charge in [-0.05, 0) is 57.4 Å². The number of hydrogen-bond donors (Lipinski definition) is 1. The quantitative estimate of drug-likeness (QED) is 0.496. The molecule has 2 nitrogen and oxygen atoms in total. The van der Waals surface area contributed by atoms with Crippen molar-refractivity contribution in [3.8, 4) is 5.75 Å². The minimum absolute atomic E-state index is 0.0462.